The second kappa shape index (κ2) is 8.19. The number of pyridine rings is 1. The molecule has 2 aromatic heterocycles. The minimum absolute atomic E-state index is 0.166. The molecule has 5 rings (SSSR count). The number of carbonyl (C=O) groups excluding carboxylic acids is 1. The highest BCUT2D eigenvalue weighted by molar-refractivity contribution is 5.94. The number of aryl methyl sites for hydroxylation is 1. The molecule has 3 aromatic rings. The Labute approximate surface area is 185 Å². The van der Waals surface area contributed by atoms with Crippen molar-refractivity contribution in [3.05, 3.63) is 69.5 Å². The van der Waals surface area contributed by atoms with Crippen LogP contribution in [0.3, 0.4) is 0 Å². The third-order valence-corrected chi connectivity index (χ3v) is 6.27. The van der Waals surface area contributed by atoms with Crippen LogP contribution in [-0.2, 0) is 17.9 Å². The number of nitrogens with zero attached hydrogens (tertiary/aromatic N) is 4. The monoisotopic (exact) mass is 429 g/mol. The molecule has 162 valence electrons. The molecule has 0 aliphatic carbocycles. The first kappa shape index (κ1) is 20.4. The van der Waals surface area contributed by atoms with Gasteiger partial charge in [-0.15, -0.1) is 0 Å². The molecule has 0 bridgehead atoms. The van der Waals surface area contributed by atoms with Crippen molar-refractivity contribution in [1.82, 2.24) is 20.4 Å². The van der Waals surface area contributed by atoms with Gasteiger partial charge in [0, 0.05) is 50.0 Å². The van der Waals surface area contributed by atoms with Gasteiger partial charge in [0.15, 0.2) is 5.76 Å². The van der Waals surface area contributed by atoms with Crippen LogP contribution in [0.1, 0.15) is 49.9 Å². The normalized spacial score (nSPS) is 18.3. The van der Waals surface area contributed by atoms with E-state index in [0.29, 0.717) is 35.7 Å². The van der Waals surface area contributed by atoms with E-state index in [1.165, 1.54) is 5.56 Å². The predicted molar refractivity (Wildman–Crippen MR) is 116 cm³/mol. The second-order valence-corrected chi connectivity index (χ2v) is 8.30. The first-order chi connectivity index (χ1) is 15.5. The topological polar surface area (TPSA) is 104 Å². The number of rotatable bonds is 4. The van der Waals surface area contributed by atoms with Crippen molar-refractivity contribution >= 4 is 5.97 Å². The number of ether oxygens (including phenoxy) is 1. The van der Waals surface area contributed by atoms with Gasteiger partial charge in [0.2, 0.25) is 0 Å². The van der Waals surface area contributed by atoms with Crippen LogP contribution in [0.25, 0.3) is 11.5 Å². The van der Waals surface area contributed by atoms with E-state index in [0.717, 1.165) is 42.0 Å². The summed E-state index contributed by atoms with van der Waals surface area (Å²) < 4.78 is 10.7. The van der Waals surface area contributed by atoms with Gasteiger partial charge in [-0.05, 0) is 42.7 Å². The molecule has 1 fully saturated rings. The maximum absolute atomic E-state index is 11.8. The molecule has 1 saturated heterocycles. The Hall–Kier alpha value is -3.54. The van der Waals surface area contributed by atoms with Crippen LogP contribution >= 0.6 is 0 Å². The zero-order chi connectivity index (χ0) is 22.2. The lowest BCUT2D eigenvalue weighted by Crippen LogP contribution is -2.45. The summed E-state index contributed by atoms with van der Waals surface area (Å²) in [7, 11) is 0. The molecule has 4 heterocycles. The van der Waals surface area contributed by atoms with Gasteiger partial charge in [-0.3, -0.25) is 9.88 Å². The number of aromatic nitrogens is 2. The van der Waals surface area contributed by atoms with Gasteiger partial charge in [-0.2, -0.15) is 5.26 Å². The number of fused-ring (bicyclic) bond motifs is 1. The van der Waals surface area contributed by atoms with E-state index in [-0.39, 0.29) is 12.0 Å². The van der Waals surface area contributed by atoms with Crippen LogP contribution in [-0.4, -0.2) is 40.6 Å². The summed E-state index contributed by atoms with van der Waals surface area (Å²) in [5.74, 6) is 0.361. The zero-order valence-electron chi connectivity index (χ0n) is 18.0. The maximum Gasteiger partial charge on any atom is 0.338 e. The second-order valence-electron chi connectivity index (χ2n) is 8.30. The average molecular weight is 429 g/mol. The van der Waals surface area contributed by atoms with Gasteiger partial charge in [-0.1, -0.05) is 11.2 Å². The molecule has 0 unspecified atom stereocenters. The molecule has 1 atom stereocenters. The van der Waals surface area contributed by atoms with E-state index in [1.807, 2.05) is 31.2 Å². The van der Waals surface area contributed by atoms with E-state index in [9.17, 15) is 4.79 Å². The van der Waals surface area contributed by atoms with Gasteiger partial charge in [0.05, 0.1) is 16.8 Å². The first-order valence-electron chi connectivity index (χ1n) is 10.6. The van der Waals surface area contributed by atoms with Gasteiger partial charge in [0.1, 0.15) is 18.4 Å². The van der Waals surface area contributed by atoms with Gasteiger partial charge in [-0.25, -0.2) is 4.79 Å². The molecule has 8 heteroatoms. The Balaban J connectivity index is 1.30. The highest BCUT2D eigenvalue weighted by Gasteiger charge is 2.28. The number of nitriles is 1. The molecule has 0 amide bonds. The van der Waals surface area contributed by atoms with Crippen LogP contribution in [0.2, 0.25) is 0 Å². The molecule has 1 aromatic carbocycles. The molecule has 0 spiro atoms. The number of cyclic esters (lactones) is 1. The van der Waals surface area contributed by atoms with Crippen LogP contribution in [0.5, 0.6) is 0 Å². The largest absolute Gasteiger partial charge is 0.457 e. The van der Waals surface area contributed by atoms with Crippen molar-refractivity contribution in [2.45, 2.75) is 33.0 Å². The fraction of sp³-hybridized carbons (Fsp3) is 0.333. The number of hydrogen-bond donors (Lipinski definition) is 1. The van der Waals surface area contributed by atoms with E-state index >= 15 is 0 Å². The number of nitrogens with one attached hydrogen (secondary N) is 1. The Bertz CT molecular complexity index is 1240. The fourth-order valence-electron chi connectivity index (χ4n) is 4.45. The van der Waals surface area contributed by atoms with Crippen molar-refractivity contribution in [2.75, 3.05) is 19.6 Å². The summed E-state index contributed by atoms with van der Waals surface area (Å²) >= 11 is 0. The molecule has 1 N–H and O–H groups in total. The molecular formula is C24H23N5O3. The van der Waals surface area contributed by atoms with Crippen LogP contribution < -0.4 is 5.32 Å². The fourth-order valence-corrected chi connectivity index (χ4v) is 4.45. The highest BCUT2D eigenvalue weighted by atomic mass is 16.5. The summed E-state index contributed by atoms with van der Waals surface area (Å²) in [6.45, 7) is 7.55. The van der Waals surface area contributed by atoms with Gasteiger partial charge >= 0.3 is 5.97 Å². The molecule has 0 saturated carbocycles. The van der Waals surface area contributed by atoms with Gasteiger partial charge < -0.3 is 14.6 Å². The lowest BCUT2D eigenvalue weighted by Gasteiger charge is -2.34. The van der Waals surface area contributed by atoms with Crippen LogP contribution in [0.4, 0.5) is 0 Å². The lowest BCUT2D eigenvalue weighted by atomic mass is 9.93. The third kappa shape index (κ3) is 3.66. The first-order valence-corrected chi connectivity index (χ1v) is 10.6. The van der Waals surface area contributed by atoms with Crippen molar-refractivity contribution in [3.63, 3.8) is 0 Å². The molecule has 32 heavy (non-hydrogen) atoms. The number of hydrogen-bond acceptors (Lipinski definition) is 8. The van der Waals surface area contributed by atoms with Crippen LogP contribution in [0, 0.1) is 25.2 Å². The van der Waals surface area contributed by atoms with E-state index in [1.54, 1.807) is 6.20 Å². The van der Waals surface area contributed by atoms with Crippen molar-refractivity contribution in [2.24, 2.45) is 0 Å². The number of piperazine rings is 1. The highest BCUT2D eigenvalue weighted by Crippen LogP contribution is 2.30. The predicted octanol–water partition coefficient (Wildman–Crippen LogP) is 3.04. The smallest absolute Gasteiger partial charge is 0.338 e. The molecule has 8 nitrogen and oxygen atoms in total. The minimum Gasteiger partial charge on any atom is -0.457 e. The lowest BCUT2D eigenvalue weighted by molar-refractivity contribution is 0.0535. The van der Waals surface area contributed by atoms with E-state index in [4.69, 9.17) is 14.5 Å². The zero-order valence-corrected chi connectivity index (χ0v) is 18.0. The van der Waals surface area contributed by atoms with Crippen LogP contribution in [0.15, 0.2) is 35.0 Å². The Morgan fingerprint density at radius 3 is 3.00 bits per heavy atom. The quantitative estimate of drug-likeness (QED) is 0.631. The summed E-state index contributed by atoms with van der Waals surface area (Å²) in [5.41, 5.74) is 6.93. The SMILES string of the molecule is Cc1cc(-c2cc(CN3CCN[C@H](c4ccc5c(c4C)COC5=O)C3)no2)ncc1C#N. The molecular weight excluding hydrogens is 406 g/mol. The van der Waals surface area contributed by atoms with E-state index in [2.05, 4.69) is 33.4 Å². The third-order valence-electron chi connectivity index (χ3n) is 6.27. The summed E-state index contributed by atoms with van der Waals surface area (Å²) in [6.07, 6.45) is 1.56. The summed E-state index contributed by atoms with van der Waals surface area (Å²) in [5, 5.41) is 16.9. The molecule has 2 aliphatic rings. The van der Waals surface area contributed by atoms with Crippen molar-refractivity contribution < 1.29 is 14.1 Å². The summed E-state index contributed by atoms with van der Waals surface area (Å²) in [6, 6.07) is 9.96. The average Bonchev–Trinajstić information content (AvgIpc) is 3.41. The standard InChI is InChI=1S/C24H23N5O3/c1-14-7-21(27-10-16(14)9-25)23-8-17(28-32-23)11-29-6-5-26-22(12-29)18-3-4-19-20(15(18)2)13-31-24(19)30/h3-4,7-8,10,22,26H,5-6,11-13H2,1-2H3/t22-/m0/s1. The maximum atomic E-state index is 11.8. The molecule has 2 aliphatic heterocycles. The Kier molecular flexibility index (Phi) is 5.21. The van der Waals surface area contributed by atoms with Crippen molar-refractivity contribution in [1.29, 1.82) is 5.26 Å². The number of esters is 1. The Morgan fingerprint density at radius 1 is 1.31 bits per heavy atom. The van der Waals surface area contributed by atoms with Crippen molar-refractivity contribution in [3.8, 4) is 17.5 Å². The molecule has 0 radical (unpaired) electrons. The number of benzene rings is 1. The summed E-state index contributed by atoms with van der Waals surface area (Å²) in [4.78, 5) is 18.5. The van der Waals surface area contributed by atoms with Gasteiger partial charge in [0.25, 0.3) is 0 Å². The van der Waals surface area contributed by atoms with E-state index < -0.39 is 0 Å². The number of carbonyl (C=O) groups is 1. The Morgan fingerprint density at radius 2 is 2.19 bits per heavy atom. The minimum atomic E-state index is -0.235.